The van der Waals surface area contributed by atoms with E-state index >= 15 is 0 Å². The first-order valence-corrected chi connectivity index (χ1v) is 9.10. The zero-order chi connectivity index (χ0) is 17.9. The molecule has 0 radical (unpaired) electrons. The molecule has 2 amide bonds. The average Bonchev–Trinajstić information content (AvgIpc) is 2.93. The van der Waals surface area contributed by atoms with Crippen LogP contribution in [-0.2, 0) is 4.79 Å². The van der Waals surface area contributed by atoms with E-state index in [0.29, 0.717) is 15.6 Å². The monoisotopic (exact) mass is 429 g/mol. The molecule has 1 aromatic heterocycles. The Labute approximate surface area is 158 Å². The van der Waals surface area contributed by atoms with Gasteiger partial charge in [0.05, 0.1) is 20.0 Å². The second-order valence-electron chi connectivity index (χ2n) is 5.34. The number of nitrogens with zero attached hydrogens (tertiary/aromatic N) is 1. The number of carbonyl (C=O) groups is 2. The van der Waals surface area contributed by atoms with E-state index in [0.717, 1.165) is 9.47 Å². The van der Waals surface area contributed by atoms with E-state index in [2.05, 4.69) is 26.6 Å². The molecule has 2 rings (SSSR count). The van der Waals surface area contributed by atoms with Crippen molar-refractivity contribution in [1.29, 1.82) is 0 Å². The lowest BCUT2D eigenvalue weighted by molar-refractivity contribution is -0.117. The molecule has 1 atom stereocenters. The molecule has 0 bridgehead atoms. The molecule has 0 aliphatic rings. The van der Waals surface area contributed by atoms with Gasteiger partial charge in [0.25, 0.3) is 5.91 Å². The van der Waals surface area contributed by atoms with Crippen molar-refractivity contribution in [2.45, 2.75) is 13.0 Å². The van der Waals surface area contributed by atoms with Crippen LogP contribution in [0.5, 0.6) is 0 Å². The number of benzene rings is 1. The SMILES string of the molecule is CC(NC(=O)c1ccc(Br)s1)C(=O)Nc1cc(Cl)ccc1N(C)C. The highest BCUT2D eigenvalue weighted by molar-refractivity contribution is 9.11. The quantitative estimate of drug-likeness (QED) is 0.754. The third-order valence-corrected chi connectivity index (χ3v) is 5.09. The summed E-state index contributed by atoms with van der Waals surface area (Å²) < 4.78 is 0.860. The maximum Gasteiger partial charge on any atom is 0.262 e. The van der Waals surface area contributed by atoms with Gasteiger partial charge in [0.2, 0.25) is 5.91 Å². The number of rotatable bonds is 5. The summed E-state index contributed by atoms with van der Waals surface area (Å²) in [7, 11) is 3.75. The molecule has 0 aliphatic carbocycles. The van der Waals surface area contributed by atoms with Crippen molar-refractivity contribution < 1.29 is 9.59 Å². The van der Waals surface area contributed by atoms with Gasteiger partial charge in [-0.05, 0) is 53.2 Å². The van der Waals surface area contributed by atoms with Crippen molar-refractivity contribution in [3.05, 3.63) is 44.0 Å². The summed E-state index contributed by atoms with van der Waals surface area (Å²) in [6.45, 7) is 1.63. The second-order valence-corrected chi connectivity index (χ2v) is 8.24. The first-order valence-electron chi connectivity index (χ1n) is 7.12. The maximum absolute atomic E-state index is 12.4. The first kappa shape index (κ1) is 18.8. The third-order valence-electron chi connectivity index (χ3n) is 3.24. The predicted molar refractivity (Wildman–Crippen MR) is 103 cm³/mol. The number of thiophene rings is 1. The minimum atomic E-state index is -0.688. The lowest BCUT2D eigenvalue weighted by Gasteiger charge is -2.20. The Kier molecular flexibility index (Phi) is 6.26. The molecular formula is C16H17BrClN3O2S. The molecule has 1 aromatic carbocycles. The van der Waals surface area contributed by atoms with Crippen LogP contribution in [0.25, 0.3) is 0 Å². The van der Waals surface area contributed by atoms with Gasteiger partial charge >= 0.3 is 0 Å². The summed E-state index contributed by atoms with van der Waals surface area (Å²) in [5.41, 5.74) is 1.42. The molecule has 1 unspecified atom stereocenters. The average molecular weight is 431 g/mol. The van der Waals surface area contributed by atoms with Gasteiger partial charge < -0.3 is 15.5 Å². The normalized spacial score (nSPS) is 11.7. The second kappa shape index (κ2) is 8.00. The maximum atomic E-state index is 12.4. The highest BCUT2D eigenvalue weighted by Gasteiger charge is 2.19. The van der Waals surface area contributed by atoms with Crippen LogP contribution >= 0.6 is 38.9 Å². The van der Waals surface area contributed by atoms with E-state index in [1.165, 1.54) is 11.3 Å². The molecule has 0 spiro atoms. The Hall–Kier alpha value is -1.57. The molecule has 0 saturated carbocycles. The molecule has 1 heterocycles. The van der Waals surface area contributed by atoms with Crippen LogP contribution < -0.4 is 15.5 Å². The van der Waals surface area contributed by atoms with E-state index in [1.54, 1.807) is 31.2 Å². The van der Waals surface area contributed by atoms with Gasteiger partial charge in [-0.15, -0.1) is 11.3 Å². The lowest BCUT2D eigenvalue weighted by atomic mass is 10.2. The molecule has 8 heteroatoms. The summed E-state index contributed by atoms with van der Waals surface area (Å²) in [5, 5.41) is 6.02. The molecule has 0 fully saturated rings. The topological polar surface area (TPSA) is 61.4 Å². The van der Waals surface area contributed by atoms with Crippen molar-refractivity contribution in [2.24, 2.45) is 0 Å². The zero-order valence-corrected chi connectivity index (χ0v) is 16.6. The first-order chi connectivity index (χ1) is 11.3. The van der Waals surface area contributed by atoms with Gasteiger partial charge in [-0.1, -0.05) is 11.6 Å². The molecule has 128 valence electrons. The van der Waals surface area contributed by atoms with Gasteiger partial charge in [-0.25, -0.2) is 0 Å². The van der Waals surface area contributed by atoms with Gasteiger partial charge in [0, 0.05) is 19.1 Å². The highest BCUT2D eigenvalue weighted by Crippen LogP contribution is 2.28. The Morgan fingerprint density at radius 3 is 2.54 bits per heavy atom. The van der Waals surface area contributed by atoms with Crippen LogP contribution in [0.15, 0.2) is 34.1 Å². The largest absolute Gasteiger partial charge is 0.376 e. The number of halogens is 2. The van der Waals surface area contributed by atoms with Crippen molar-refractivity contribution in [3.63, 3.8) is 0 Å². The van der Waals surface area contributed by atoms with Crippen molar-refractivity contribution in [2.75, 3.05) is 24.3 Å². The van der Waals surface area contributed by atoms with E-state index in [4.69, 9.17) is 11.6 Å². The Balaban J connectivity index is 2.06. The number of hydrogen-bond acceptors (Lipinski definition) is 4. The molecule has 0 saturated heterocycles. The van der Waals surface area contributed by atoms with Crippen LogP contribution in [0.3, 0.4) is 0 Å². The minimum absolute atomic E-state index is 0.285. The van der Waals surface area contributed by atoms with Gasteiger partial charge in [-0.3, -0.25) is 9.59 Å². The number of anilines is 2. The molecule has 2 N–H and O–H groups in total. The predicted octanol–water partition coefficient (Wildman–Crippen LogP) is 3.99. The summed E-state index contributed by atoms with van der Waals surface area (Å²) in [6.07, 6.45) is 0. The summed E-state index contributed by atoms with van der Waals surface area (Å²) >= 11 is 10.6. The zero-order valence-electron chi connectivity index (χ0n) is 13.4. The Morgan fingerprint density at radius 1 is 1.25 bits per heavy atom. The fourth-order valence-corrected chi connectivity index (χ4v) is 3.47. The van der Waals surface area contributed by atoms with Crippen molar-refractivity contribution in [1.82, 2.24) is 5.32 Å². The van der Waals surface area contributed by atoms with Crippen LogP contribution in [-0.4, -0.2) is 32.0 Å². The Morgan fingerprint density at radius 2 is 1.96 bits per heavy atom. The van der Waals surface area contributed by atoms with Crippen LogP contribution in [0.2, 0.25) is 5.02 Å². The van der Waals surface area contributed by atoms with Crippen LogP contribution in [0.4, 0.5) is 11.4 Å². The number of carbonyl (C=O) groups excluding carboxylic acids is 2. The van der Waals surface area contributed by atoms with Gasteiger partial charge in [-0.2, -0.15) is 0 Å². The van der Waals surface area contributed by atoms with E-state index < -0.39 is 6.04 Å². The van der Waals surface area contributed by atoms with E-state index in [-0.39, 0.29) is 11.8 Å². The highest BCUT2D eigenvalue weighted by atomic mass is 79.9. The standard InChI is InChI=1S/C16H17BrClN3O2S/c1-9(19-16(23)13-6-7-14(17)24-13)15(22)20-11-8-10(18)4-5-12(11)21(2)3/h4-9H,1-3H3,(H,19,23)(H,20,22). The number of hydrogen-bond donors (Lipinski definition) is 2. The Bertz CT molecular complexity index is 764. The lowest BCUT2D eigenvalue weighted by Crippen LogP contribution is -2.41. The summed E-state index contributed by atoms with van der Waals surface area (Å²) in [5.74, 6) is -0.600. The molecule has 5 nitrogen and oxygen atoms in total. The molecule has 0 aliphatic heterocycles. The fraction of sp³-hybridized carbons (Fsp3) is 0.250. The number of nitrogens with one attached hydrogen (secondary N) is 2. The number of amides is 2. The van der Waals surface area contributed by atoms with Crippen LogP contribution in [0, 0.1) is 0 Å². The van der Waals surface area contributed by atoms with E-state index in [9.17, 15) is 9.59 Å². The molecular weight excluding hydrogens is 414 g/mol. The van der Waals surface area contributed by atoms with Gasteiger partial charge in [0.15, 0.2) is 0 Å². The van der Waals surface area contributed by atoms with Crippen molar-refractivity contribution >= 4 is 62.1 Å². The minimum Gasteiger partial charge on any atom is -0.376 e. The molecule has 2 aromatic rings. The van der Waals surface area contributed by atoms with Gasteiger partial charge in [0.1, 0.15) is 6.04 Å². The third kappa shape index (κ3) is 4.72. The smallest absolute Gasteiger partial charge is 0.262 e. The van der Waals surface area contributed by atoms with E-state index in [1.807, 2.05) is 25.1 Å². The summed E-state index contributed by atoms with van der Waals surface area (Å²) in [6, 6.07) is 8.07. The van der Waals surface area contributed by atoms with Crippen LogP contribution in [0.1, 0.15) is 16.6 Å². The fourth-order valence-electron chi connectivity index (χ4n) is 2.01. The summed E-state index contributed by atoms with van der Waals surface area (Å²) in [4.78, 5) is 26.9. The van der Waals surface area contributed by atoms with Crippen molar-refractivity contribution in [3.8, 4) is 0 Å². The molecule has 24 heavy (non-hydrogen) atoms.